The van der Waals surface area contributed by atoms with Crippen molar-refractivity contribution in [2.45, 2.75) is 6.18 Å². The molecule has 2 aromatic rings. The Hall–Kier alpha value is -2.88. The van der Waals surface area contributed by atoms with Crippen LogP contribution in [0.15, 0.2) is 30.3 Å². The van der Waals surface area contributed by atoms with Crippen LogP contribution in [0.1, 0.15) is 11.1 Å². The van der Waals surface area contributed by atoms with Crippen molar-refractivity contribution >= 4 is 20.0 Å². The molecule has 0 saturated carbocycles. The predicted molar refractivity (Wildman–Crippen MR) is 106 cm³/mol. The van der Waals surface area contributed by atoms with Crippen molar-refractivity contribution < 1.29 is 51.0 Å². The van der Waals surface area contributed by atoms with E-state index < -0.39 is 32.1 Å². The second-order valence-electron chi connectivity index (χ2n) is 5.98. The van der Waals surface area contributed by atoms with Crippen LogP contribution in [0, 0.1) is 0 Å². The van der Waals surface area contributed by atoms with E-state index in [-0.39, 0.29) is 0 Å². The van der Waals surface area contributed by atoms with Gasteiger partial charge in [0.15, 0.2) is 29.6 Å². The van der Waals surface area contributed by atoms with Gasteiger partial charge in [-0.3, -0.25) is 9.79 Å². The number of hydrogen-bond acceptors (Lipinski definition) is 6. The van der Waals surface area contributed by atoms with E-state index in [1.54, 1.807) is 24.3 Å². The van der Waals surface area contributed by atoms with Crippen LogP contribution >= 0.6 is 7.82 Å². The molecule has 0 unspecified atom stereocenters. The molecular weight excluding hydrogens is 444 g/mol. The van der Waals surface area contributed by atoms with Crippen LogP contribution in [0.4, 0.5) is 13.2 Å². The number of hydrogen-bond donors (Lipinski definition) is 2. The van der Waals surface area contributed by atoms with Gasteiger partial charge < -0.3 is 23.5 Å². The summed E-state index contributed by atoms with van der Waals surface area (Å²) in [5.74, 6) is 0.201. The lowest BCUT2D eigenvalue weighted by Crippen LogP contribution is -2.19. The van der Waals surface area contributed by atoms with Crippen molar-refractivity contribution in [3.8, 4) is 28.7 Å². The average Bonchev–Trinajstić information content (AvgIpc) is 2.68. The molecule has 0 amide bonds. The van der Waals surface area contributed by atoms with Crippen LogP contribution in [0.5, 0.6) is 28.7 Å². The Balaban J connectivity index is 2.37. The van der Waals surface area contributed by atoms with Crippen molar-refractivity contribution in [2.75, 3.05) is 27.9 Å². The van der Waals surface area contributed by atoms with Crippen molar-refractivity contribution in [1.82, 2.24) is 0 Å². The van der Waals surface area contributed by atoms with Crippen LogP contribution in [0.3, 0.4) is 0 Å². The van der Waals surface area contributed by atoms with Gasteiger partial charge in [0.1, 0.15) is 0 Å². The summed E-state index contributed by atoms with van der Waals surface area (Å²) >= 11 is 0. The summed E-state index contributed by atoms with van der Waals surface area (Å²) in [5.41, 5.74) is 1.00. The smallest absolute Gasteiger partial charge is 0.493 e. The fraction of sp³-hybridized carbons (Fsp3) is 0.263. The molecule has 2 N–H and O–H groups in total. The molecule has 31 heavy (non-hydrogen) atoms. The highest BCUT2D eigenvalue weighted by molar-refractivity contribution is 7.46. The third-order valence-corrected chi connectivity index (χ3v) is 4.17. The molecule has 8 nitrogen and oxygen atoms in total. The van der Waals surface area contributed by atoms with Crippen LogP contribution < -0.4 is 23.5 Å². The first-order valence-corrected chi connectivity index (χ1v) is 10.1. The summed E-state index contributed by atoms with van der Waals surface area (Å²) < 4.78 is 73.3. The fourth-order valence-corrected chi connectivity index (χ4v) is 2.90. The van der Waals surface area contributed by atoms with Gasteiger partial charge in [-0.15, -0.1) is 0 Å². The van der Waals surface area contributed by atoms with Crippen molar-refractivity contribution in [1.29, 1.82) is 0 Å². The zero-order valence-corrected chi connectivity index (χ0v) is 17.6. The van der Waals surface area contributed by atoms with Crippen molar-refractivity contribution in [3.05, 3.63) is 41.5 Å². The van der Waals surface area contributed by atoms with Gasteiger partial charge in [-0.05, 0) is 35.4 Å². The Morgan fingerprint density at radius 2 is 1.42 bits per heavy atom. The molecule has 0 radical (unpaired) electrons. The molecule has 12 heteroatoms. The zero-order valence-electron chi connectivity index (χ0n) is 16.7. The average molecular weight is 464 g/mol. The number of phosphoric ester groups is 1. The quantitative estimate of drug-likeness (QED) is 0.419. The molecule has 170 valence electrons. The first-order valence-electron chi connectivity index (χ1n) is 8.52. The number of benzene rings is 2. The van der Waals surface area contributed by atoms with Crippen molar-refractivity contribution in [2.24, 2.45) is 0 Å². The van der Waals surface area contributed by atoms with Gasteiger partial charge in [0.25, 0.3) is 0 Å². The normalized spacial score (nSPS) is 12.0. The Morgan fingerprint density at radius 1 is 0.871 bits per heavy atom. The molecule has 2 aromatic carbocycles. The molecule has 0 aliphatic rings. The maximum atomic E-state index is 12.4. The van der Waals surface area contributed by atoms with Gasteiger partial charge in [0.05, 0.1) is 21.3 Å². The second-order valence-corrected chi connectivity index (χ2v) is 7.15. The Labute approximate surface area is 176 Å². The number of methoxy groups -OCH3 is 3. The molecule has 0 aliphatic heterocycles. The molecule has 0 spiro atoms. The fourth-order valence-electron chi connectivity index (χ4n) is 2.50. The number of ether oxygens (including phenoxy) is 4. The second kappa shape index (κ2) is 9.95. The van der Waals surface area contributed by atoms with E-state index in [1.807, 2.05) is 0 Å². The topological polar surface area (TPSA) is 104 Å². The first kappa shape index (κ1) is 24.4. The van der Waals surface area contributed by atoms with Crippen LogP contribution in [-0.2, 0) is 4.57 Å². The summed E-state index contributed by atoms with van der Waals surface area (Å²) in [6.45, 7) is -1.65. The monoisotopic (exact) mass is 464 g/mol. The zero-order chi connectivity index (χ0) is 23.2. The minimum absolute atomic E-state index is 0.372. The van der Waals surface area contributed by atoms with Crippen LogP contribution in [0.2, 0.25) is 0 Å². The van der Waals surface area contributed by atoms with E-state index in [2.05, 4.69) is 9.26 Å². The number of phosphoric acid groups is 1. The largest absolute Gasteiger partial charge is 0.524 e. The molecule has 0 heterocycles. The van der Waals surface area contributed by atoms with E-state index in [0.717, 1.165) is 12.1 Å². The lowest BCUT2D eigenvalue weighted by Gasteiger charge is -2.15. The molecule has 0 aromatic heterocycles. The summed E-state index contributed by atoms with van der Waals surface area (Å²) in [4.78, 5) is 18.1. The van der Waals surface area contributed by atoms with Gasteiger partial charge in [-0.2, -0.15) is 13.2 Å². The highest BCUT2D eigenvalue weighted by Gasteiger charge is 2.29. The van der Waals surface area contributed by atoms with E-state index in [4.69, 9.17) is 24.0 Å². The minimum atomic E-state index is -5.04. The minimum Gasteiger partial charge on any atom is -0.493 e. The Morgan fingerprint density at radius 3 is 1.90 bits per heavy atom. The van der Waals surface area contributed by atoms with E-state index >= 15 is 0 Å². The molecule has 0 saturated heterocycles. The highest BCUT2D eigenvalue weighted by atomic mass is 31.2. The third kappa shape index (κ3) is 7.39. The molecule has 0 bridgehead atoms. The first-order chi connectivity index (χ1) is 14.5. The lowest BCUT2D eigenvalue weighted by atomic mass is 10.1. The number of rotatable bonds is 9. The van der Waals surface area contributed by atoms with Crippen LogP contribution in [0.25, 0.3) is 12.2 Å². The third-order valence-electron chi connectivity index (χ3n) is 3.73. The van der Waals surface area contributed by atoms with Gasteiger partial charge in [-0.1, -0.05) is 18.2 Å². The van der Waals surface area contributed by atoms with E-state index in [1.165, 1.54) is 27.4 Å². The standard InChI is InChI=1S/C19H20F3O8P/c1-26-16-9-13(10-17(27-2)18(16)28-3)5-4-12-6-7-14(29-11-19(20,21)22)15(8-12)30-31(23,24)25/h4-10H,11H2,1-3H3,(H2,23,24,25)/b5-4-. The molecule has 2 rings (SSSR count). The Bertz CT molecular complexity index is 960. The van der Waals surface area contributed by atoms with E-state index in [0.29, 0.717) is 28.4 Å². The summed E-state index contributed by atoms with van der Waals surface area (Å²) in [5, 5.41) is 0. The lowest BCUT2D eigenvalue weighted by molar-refractivity contribution is -0.153. The summed E-state index contributed by atoms with van der Waals surface area (Å²) in [6.07, 6.45) is -1.47. The van der Waals surface area contributed by atoms with Gasteiger partial charge >= 0.3 is 14.0 Å². The maximum absolute atomic E-state index is 12.4. The van der Waals surface area contributed by atoms with Crippen molar-refractivity contribution in [3.63, 3.8) is 0 Å². The van der Waals surface area contributed by atoms with Gasteiger partial charge in [0.2, 0.25) is 5.75 Å². The van der Waals surface area contributed by atoms with Crippen LogP contribution in [-0.4, -0.2) is 43.9 Å². The highest BCUT2D eigenvalue weighted by Crippen LogP contribution is 2.43. The summed E-state index contributed by atoms with van der Waals surface area (Å²) in [6, 6.07) is 6.97. The summed E-state index contributed by atoms with van der Waals surface area (Å²) in [7, 11) is -0.670. The Kier molecular flexibility index (Phi) is 7.83. The van der Waals surface area contributed by atoms with Gasteiger partial charge in [0, 0.05) is 0 Å². The SMILES string of the molecule is COc1cc(/C=C\c2ccc(OCC(F)(F)F)c(OP(=O)(O)O)c2)cc(OC)c1OC. The molecule has 0 aliphatic carbocycles. The predicted octanol–water partition coefficient (Wildman–Crippen LogP) is 4.30. The van der Waals surface area contributed by atoms with E-state index in [9.17, 15) is 17.7 Å². The van der Waals surface area contributed by atoms with Gasteiger partial charge in [-0.25, -0.2) is 4.57 Å². The molecule has 0 fully saturated rings. The molecular formula is C19H20F3O8P. The maximum Gasteiger partial charge on any atom is 0.524 e. The number of alkyl halides is 3. The number of halogens is 3. The molecule has 0 atom stereocenters.